The Hall–Kier alpha value is -0.760. The van der Waals surface area contributed by atoms with Gasteiger partial charge in [-0.05, 0) is 25.0 Å². The molecule has 0 saturated heterocycles. The van der Waals surface area contributed by atoms with Crippen molar-refractivity contribution in [3.63, 3.8) is 0 Å². The van der Waals surface area contributed by atoms with Crippen LogP contribution in [0.2, 0.25) is 0 Å². The zero-order chi connectivity index (χ0) is 8.39. The van der Waals surface area contributed by atoms with E-state index in [1.165, 1.54) is 18.5 Å². The fraction of sp³-hybridized carbons (Fsp3) is 0.600. The minimum Gasteiger partial charge on any atom is -0.392 e. The van der Waals surface area contributed by atoms with Crippen LogP contribution in [0.5, 0.6) is 0 Å². The maximum Gasteiger partial charge on any atom is 0.0623 e. The van der Waals surface area contributed by atoms with Gasteiger partial charge in [0.1, 0.15) is 0 Å². The van der Waals surface area contributed by atoms with Gasteiger partial charge in [-0.25, -0.2) is 0 Å². The Balaban J connectivity index is 2.11. The molecule has 0 radical (unpaired) electrons. The maximum absolute atomic E-state index is 9.72. The van der Waals surface area contributed by atoms with E-state index in [0.29, 0.717) is 5.92 Å². The molecule has 66 valence electrons. The largest absolute Gasteiger partial charge is 0.392 e. The molecule has 1 aromatic rings. The Morgan fingerprint density at radius 3 is 2.83 bits per heavy atom. The average molecular weight is 165 g/mol. The van der Waals surface area contributed by atoms with Crippen molar-refractivity contribution in [2.45, 2.75) is 37.7 Å². The third-order valence-electron chi connectivity index (χ3n) is 2.75. The van der Waals surface area contributed by atoms with Gasteiger partial charge < -0.3 is 10.1 Å². The minimum absolute atomic E-state index is 0.127. The zero-order valence-electron chi connectivity index (χ0n) is 7.16. The molecule has 2 nitrogen and oxygen atoms in total. The predicted molar refractivity (Wildman–Crippen MR) is 48.0 cm³/mol. The Bertz CT molecular complexity index is 230. The zero-order valence-corrected chi connectivity index (χ0v) is 7.16. The van der Waals surface area contributed by atoms with Crippen molar-refractivity contribution >= 4 is 0 Å². The van der Waals surface area contributed by atoms with Crippen LogP contribution in [0.1, 0.15) is 37.3 Å². The fourth-order valence-corrected chi connectivity index (χ4v) is 2.05. The van der Waals surface area contributed by atoms with Crippen molar-refractivity contribution in [1.29, 1.82) is 0 Å². The quantitative estimate of drug-likeness (QED) is 0.656. The van der Waals surface area contributed by atoms with Gasteiger partial charge in [-0.3, -0.25) is 0 Å². The Morgan fingerprint density at radius 1 is 1.33 bits per heavy atom. The molecule has 2 unspecified atom stereocenters. The molecule has 12 heavy (non-hydrogen) atoms. The lowest BCUT2D eigenvalue weighted by Gasteiger charge is -2.26. The van der Waals surface area contributed by atoms with E-state index in [9.17, 15) is 5.11 Å². The monoisotopic (exact) mass is 165 g/mol. The molecule has 0 bridgehead atoms. The number of hydrogen-bond acceptors (Lipinski definition) is 1. The van der Waals surface area contributed by atoms with Crippen molar-refractivity contribution in [1.82, 2.24) is 4.98 Å². The van der Waals surface area contributed by atoms with Gasteiger partial charge in [0, 0.05) is 17.8 Å². The maximum atomic E-state index is 9.72. The first-order valence-electron chi connectivity index (χ1n) is 4.69. The van der Waals surface area contributed by atoms with Crippen molar-refractivity contribution in [3.8, 4) is 0 Å². The molecule has 2 N–H and O–H groups in total. The number of nitrogens with one attached hydrogen (secondary N) is 1. The SMILES string of the molecule is OC1CCCCC1c1ccc[nH]1. The Kier molecular flexibility index (Phi) is 2.17. The summed E-state index contributed by atoms with van der Waals surface area (Å²) in [5.41, 5.74) is 1.20. The van der Waals surface area contributed by atoms with Crippen LogP contribution in [0.3, 0.4) is 0 Å². The highest BCUT2D eigenvalue weighted by molar-refractivity contribution is 5.12. The number of aromatic amines is 1. The van der Waals surface area contributed by atoms with Crippen LogP contribution in [0, 0.1) is 0 Å². The molecule has 2 heteroatoms. The summed E-state index contributed by atoms with van der Waals surface area (Å²) in [5, 5.41) is 9.72. The normalized spacial score (nSPS) is 30.4. The number of aliphatic hydroxyl groups is 1. The van der Waals surface area contributed by atoms with Gasteiger partial charge in [0.15, 0.2) is 0 Å². The van der Waals surface area contributed by atoms with Gasteiger partial charge in [-0.2, -0.15) is 0 Å². The van der Waals surface area contributed by atoms with E-state index in [-0.39, 0.29) is 6.10 Å². The van der Waals surface area contributed by atoms with Crippen LogP contribution in [-0.2, 0) is 0 Å². The summed E-state index contributed by atoms with van der Waals surface area (Å²) >= 11 is 0. The standard InChI is InChI=1S/C10H15NO/c12-10-6-2-1-4-8(10)9-5-3-7-11-9/h3,5,7-8,10-12H,1-2,4,6H2. The highest BCUT2D eigenvalue weighted by Gasteiger charge is 2.24. The number of aromatic nitrogens is 1. The van der Waals surface area contributed by atoms with Crippen LogP contribution in [-0.4, -0.2) is 16.2 Å². The molecule has 1 heterocycles. The minimum atomic E-state index is -0.127. The number of rotatable bonds is 1. The van der Waals surface area contributed by atoms with E-state index in [1.54, 1.807) is 0 Å². The van der Waals surface area contributed by atoms with Gasteiger partial charge in [0.25, 0.3) is 0 Å². The van der Waals surface area contributed by atoms with Gasteiger partial charge in [-0.15, -0.1) is 0 Å². The van der Waals surface area contributed by atoms with E-state index in [4.69, 9.17) is 0 Å². The van der Waals surface area contributed by atoms with Gasteiger partial charge in [0.2, 0.25) is 0 Å². The third kappa shape index (κ3) is 1.39. The van der Waals surface area contributed by atoms with Crippen molar-refractivity contribution in [3.05, 3.63) is 24.0 Å². The molecule has 0 aromatic carbocycles. The molecule has 1 aliphatic carbocycles. The summed E-state index contributed by atoms with van der Waals surface area (Å²) in [7, 11) is 0. The number of H-pyrrole nitrogens is 1. The third-order valence-corrected chi connectivity index (χ3v) is 2.75. The lowest BCUT2D eigenvalue weighted by atomic mass is 9.84. The summed E-state index contributed by atoms with van der Waals surface area (Å²) in [5.74, 6) is 0.355. The number of hydrogen-bond donors (Lipinski definition) is 2. The first-order valence-corrected chi connectivity index (χ1v) is 4.69. The summed E-state index contributed by atoms with van der Waals surface area (Å²) in [6.45, 7) is 0. The molecule has 1 saturated carbocycles. The van der Waals surface area contributed by atoms with Crippen LogP contribution in [0.4, 0.5) is 0 Å². The first kappa shape index (κ1) is 7.87. The fourth-order valence-electron chi connectivity index (χ4n) is 2.05. The first-order chi connectivity index (χ1) is 5.88. The molecule has 0 aliphatic heterocycles. The average Bonchev–Trinajstić information content (AvgIpc) is 2.57. The summed E-state index contributed by atoms with van der Waals surface area (Å²) in [6, 6.07) is 4.07. The molecule has 2 rings (SSSR count). The van der Waals surface area contributed by atoms with Crippen LogP contribution in [0.15, 0.2) is 18.3 Å². The van der Waals surface area contributed by atoms with Crippen molar-refractivity contribution in [2.24, 2.45) is 0 Å². The predicted octanol–water partition coefficient (Wildman–Crippen LogP) is 2.03. The van der Waals surface area contributed by atoms with E-state index >= 15 is 0 Å². The Morgan fingerprint density at radius 2 is 2.17 bits per heavy atom. The van der Waals surface area contributed by atoms with E-state index in [1.807, 2.05) is 12.3 Å². The molecule has 0 amide bonds. The lowest BCUT2D eigenvalue weighted by molar-refractivity contribution is 0.105. The van der Waals surface area contributed by atoms with Gasteiger partial charge >= 0.3 is 0 Å². The van der Waals surface area contributed by atoms with Crippen LogP contribution >= 0.6 is 0 Å². The molecular formula is C10H15NO. The smallest absolute Gasteiger partial charge is 0.0623 e. The van der Waals surface area contributed by atoms with E-state index in [0.717, 1.165) is 12.8 Å². The molecule has 2 atom stereocenters. The summed E-state index contributed by atoms with van der Waals surface area (Å²) in [4.78, 5) is 3.18. The summed E-state index contributed by atoms with van der Waals surface area (Å²) < 4.78 is 0. The second-order valence-electron chi connectivity index (χ2n) is 3.58. The van der Waals surface area contributed by atoms with Crippen LogP contribution < -0.4 is 0 Å². The molecular weight excluding hydrogens is 150 g/mol. The van der Waals surface area contributed by atoms with E-state index in [2.05, 4.69) is 11.1 Å². The summed E-state index contributed by atoms with van der Waals surface area (Å²) in [6.07, 6.45) is 6.32. The molecule has 0 spiro atoms. The highest BCUT2D eigenvalue weighted by Crippen LogP contribution is 2.31. The highest BCUT2D eigenvalue weighted by atomic mass is 16.3. The van der Waals surface area contributed by atoms with Gasteiger partial charge in [0.05, 0.1) is 6.10 Å². The Labute approximate surface area is 72.6 Å². The van der Waals surface area contributed by atoms with E-state index < -0.39 is 0 Å². The second-order valence-corrected chi connectivity index (χ2v) is 3.58. The topological polar surface area (TPSA) is 36.0 Å². The van der Waals surface area contributed by atoms with Crippen molar-refractivity contribution in [2.75, 3.05) is 0 Å². The molecule has 1 aliphatic rings. The second kappa shape index (κ2) is 3.31. The lowest BCUT2D eigenvalue weighted by Crippen LogP contribution is -2.22. The molecule has 1 aromatic heterocycles. The van der Waals surface area contributed by atoms with Gasteiger partial charge in [-0.1, -0.05) is 12.8 Å². The molecule has 1 fully saturated rings. The van der Waals surface area contributed by atoms with Crippen molar-refractivity contribution < 1.29 is 5.11 Å². The van der Waals surface area contributed by atoms with Crippen LogP contribution in [0.25, 0.3) is 0 Å². The number of aliphatic hydroxyl groups excluding tert-OH is 1.